The van der Waals surface area contributed by atoms with Gasteiger partial charge in [0.05, 0.1) is 6.67 Å². The minimum atomic E-state index is -0.164. The summed E-state index contributed by atoms with van der Waals surface area (Å²) in [5.74, 6) is 0.708. The monoisotopic (exact) mass is 364 g/mol. The van der Waals surface area contributed by atoms with Crippen molar-refractivity contribution >= 4 is 21.6 Å². The second-order valence-electron chi connectivity index (χ2n) is 7.77. The average Bonchev–Trinajstić information content (AvgIpc) is 2.49. The van der Waals surface area contributed by atoms with E-state index >= 15 is 0 Å². The molecule has 0 unspecified atom stereocenters. The Labute approximate surface area is 153 Å². The summed E-state index contributed by atoms with van der Waals surface area (Å²) in [5.41, 5.74) is 0. The van der Waals surface area contributed by atoms with Gasteiger partial charge in [-0.25, -0.2) is 0 Å². The van der Waals surface area contributed by atoms with Crippen LogP contribution in [0.3, 0.4) is 0 Å². The first kappa shape index (κ1) is 23.6. The first-order valence-corrected chi connectivity index (χ1v) is 12.1. The molecule has 0 saturated carbocycles. The topological polar surface area (TPSA) is 0 Å². The number of halogens is 1. The fourth-order valence-electron chi connectivity index (χ4n) is 2.86. The molecule has 0 fully saturated rings. The molecule has 0 amide bonds. The maximum atomic E-state index is 13.1. The van der Waals surface area contributed by atoms with Gasteiger partial charge in [0.2, 0.25) is 0 Å². The van der Waals surface area contributed by atoms with E-state index in [1.54, 1.807) is 0 Å². The molecule has 0 aromatic heterocycles. The molecular formula is C20H41FS2. The molecule has 0 aliphatic rings. The normalized spacial score (nSPS) is 13.7. The third-order valence-electron chi connectivity index (χ3n) is 4.20. The summed E-state index contributed by atoms with van der Waals surface area (Å²) in [6.45, 7) is 11.1. The Morgan fingerprint density at radius 2 is 1.30 bits per heavy atom. The van der Waals surface area contributed by atoms with Gasteiger partial charge in [0.15, 0.2) is 0 Å². The van der Waals surface area contributed by atoms with Crippen molar-refractivity contribution in [2.24, 2.45) is 5.92 Å². The van der Waals surface area contributed by atoms with Gasteiger partial charge in [-0.2, -0.15) is 0 Å². The second-order valence-corrected chi connectivity index (χ2v) is 11.0. The largest absolute Gasteiger partial charge is 0.251 e. The molecule has 140 valence electrons. The van der Waals surface area contributed by atoms with E-state index in [1.165, 1.54) is 64.2 Å². The van der Waals surface area contributed by atoms with Gasteiger partial charge in [-0.1, -0.05) is 108 Å². The molecule has 0 N–H and O–H groups in total. The van der Waals surface area contributed by atoms with Crippen molar-refractivity contribution in [3.63, 3.8) is 0 Å². The molecule has 0 aromatic rings. The van der Waals surface area contributed by atoms with Crippen LogP contribution in [0.2, 0.25) is 0 Å². The van der Waals surface area contributed by atoms with Crippen LogP contribution in [0.4, 0.5) is 4.39 Å². The number of rotatable bonds is 15. The van der Waals surface area contributed by atoms with E-state index in [0.29, 0.717) is 11.2 Å². The predicted molar refractivity (Wildman–Crippen MR) is 110 cm³/mol. The van der Waals surface area contributed by atoms with Crippen LogP contribution in [0.15, 0.2) is 0 Å². The average molecular weight is 365 g/mol. The molecule has 1 atom stereocenters. The van der Waals surface area contributed by atoms with Crippen LogP contribution in [0.1, 0.15) is 105 Å². The Hall–Kier alpha value is 0.630. The van der Waals surface area contributed by atoms with Gasteiger partial charge in [-0.05, 0) is 25.2 Å². The van der Waals surface area contributed by atoms with Crippen molar-refractivity contribution in [2.75, 3.05) is 6.67 Å². The standard InChI is InChI=1S/C20H41FS2/c1-6-8-10-12-14-18(15-13-11-9-7-2)19(16-17-21)22-23-20(3,4)5/h18-19H,6-17H2,1-5H3/t19-/m1/s1. The van der Waals surface area contributed by atoms with E-state index in [0.717, 1.165) is 6.42 Å². The van der Waals surface area contributed by atoms with Crippen LogP contribution in [0.5, 0.6) is 0 Å². The first-order valence-electron chi connectivity index (χ1n) is 9.85. The molecule has 0 aliphatic heterocycles. The molecule has 0 saturated heterocycles. The lowest BCUT2D eigenvalue weighted by Gasteiger charge is -2.28. The van der Waals surface area contributed by atoms with Gasteiger partial charge in [0, 0.05) is 10.00 Å². The zero-order valence-electron chi connectivity index (χ0n) is 16.3. The van der Waals surface area contributed by atoms with Crippen LogP contribution < -0.4 is 0 Å². The Kier molecular flexibility index (Phi) is 15.3. The number of alkyl halides is 1. The van der Waals surface area contributed by atoms with Crippen LogP contribution in [-0.4, -0.2) is 16.7 Å². The molecule has 0 radical (unpaired) electrons. The quantitative estimate of drug-likeness (QED) is 0.211. The molecule has 0 heterocycles. The zero-order valence-corrected chi connectivity index (χ0v) is 18.0. The molecule has 0 aromatic carbocycles. The highest BCUT2D eigenvalue weighted by Gasteiger charge is 2.24. The van der Waals surface area contributed by atoms with Crippen molar-refractivity contribution in [3.8, 4) is 0 Å². The molecule has 3 heteroatoms. The lowest BCUT2D eigenvalue weighted by molar-refractivity contribution is 0.359. The maximum Gasteiger partial charge on any atom is 0.0905 e. The van der Waals surface area contributed by atoms with Crippen LogP contribution in [0, 0.1) is 5.92 Å². The maximum absolute atomic E-state index is 13.1. The fourth-order valence-corrected chi connectivity index (χ4v) is 5.88. The fraction of sp³-hybridized carbons (Fsp3) is 1.00. The van der Waals surface area contributed by atoms with Crippen molar-refractivity contribution in [3.05, 3.63) is 0 Å². The highest BCUT2D eigenvalue weighted by atomic mass is 33.1. The third kappa shape index (κ3) is 14.7. The van der Waals surface area contributed by atoms with E-state index in [1.807, 2.05) is 21.6 Å². The van der Waals surface area contributed by atoms with E-state index in [4.69, 9.17) is 0 Å². The van der Waals surface area contributed by atoms with E-state index < -0.39 is 0 Å². The molecule has 0 nitrogen and oxygen atoms in total. The summed E-state index contributed by atoms with van der Waals surface area (Å²) < 4.78 is 13.3. The Balaban J connectivity index is 4.49. The summed E-state index contributed by atoms with van der Waals surface area (Å²) in [7, 11) is 3.91. The van der Waals surface area contributed by atoms with Gasteiger partial charge in [-0.3, -0.25) is 4.39 Å². The Bertz CT molecular complexity index is 239. The summed E-state index contributed by atoms with van der Waals surface area (Å²) in [4.78, 5) is 0. The molecule has 23 heavy (non-hydrogen) atoms. The van der Waals surface area contributed by atoms with Gasteiger partial charge in [-0.15, -0.1) is 0 Å². The lowest BCUT2D eigenvalue weighted by Crippen LogP contribution is -2.19. The highest BCUT2D eigenvalue weighted by molar-refractivity contribution is 8.77. The molecule has 0 spiro atoms. The van der Waals surface area contributed by atoms with Crippen molar-refractivity contribution in [1.82, 2.24) is 0 Å². The lowest BCUT2D eigenvalue weighted by atomic mass is 9.90. The first-order chi connectivity index (χ1) is 10.9. The van der Waals surface area contributed by atoms with E-state index in [9.17, 15) is 4.39 Å². The third-order valence-corrected chi connectivity index (χ3v) is 8.19. The number of hydrogen-bond donors (Lipinski definition) is 0. The number of unbranched alkanes of at least 4 members (excludes halogenated alkanes) is 6. The smallest absolute Gasteiger partial charge is 0.0905 e. The molecule has 0 rings (SSSR count). The Morgan fingerprint density at radius 1 is 0.783 bits per heavy atom. The molecule has 0 bridgehead atoms. The minimum Gasteiger partial charge on any atom is -0.251 e. The summed E-state index contributed by atoms with van der Waals surface area (Å²) >= 11 is 0. The highest BCUT2D eigenvalue weighted by Crippen LogP contribution is 2.43. The van der Waals surface area contributed by atoms with Gasteiger partial charge >= 0.3 is 0 Å². The Morgan fingerprint density at radius 3 is 1.70 bits per heavy atom. The van der Waals surface area contributed by atoms with Crippen molar-refractivity contribution in [1.29, 1.82) is 0 Å². The van der Waals surface area contributed by atoms with Gasteiger partial charge in [0.1, 0.15) is 0 Å². The predicted octanol–water partition coefficient (Wildman–Crippen LogP) is 8.45. The van der Waals surface area contributed by atoms with Crippen molar-refractivity contribution < 1.29 is 4.39 Å². The van der Waals surface area contributed by atoms with Crippen LogP contribution in [-0.2, 0) is 0 Å². The van der Waals surface area contributed by atoms with Gasteiger partial charge in [0.25, 0.3) is 0 Å². The van der Waals surface area contributed by atoms with E-state index in [-0.39, 0.29) is 11.4 Å². The molecular weight excluding hydrogens is 323 g/mol. The van der Waals surface area contributed by atoms with Gasteiger partial charge < -0.3 is 0 Å². The SMILES string of the molecule is CCCCCCC(CCCCCC)[C@@H](CCF)SSC(C)(C)C. The second kappa shape index (κ2) is 14.9. The number of hydrogen-bond acceptors (Lipinski definition) is 2. The molecule has 0 aliphatic carbocycles. The summed E-state index contributed by atoms with van der Waals surface area (Å²) in [6.07, 6.45) is 14.0. The van der Waals surface area contributed by atoms with Crippen LogP contribution in [0.25, 0.3) is 0 Å². The minimum absolute atomic E-state index is 0.164. The van der Waals surface area contributed by atoms with Crippen molar-refractivity contribution in [2.45, 2.75) is 115 Å². The summed E-state index contributed by atoms with van der Waals surface area (Å²) in [6, 6.07) is 0. The van der Waals surface area contributed by atoms with Crippen LogP contribution >= 0.6 is 21.6 Å². The zero-order chi connectivity index (χ0) is 17.6. The van der Waals surface area contributed by atoms with E-state index in [2.05, 4.69) is 34.6 Å². The summed E-state index contributed by atoms with van der Waals surface area (Å²) in [5, 5.41) is 0.493.